The van der Waals surface area contributed by atoms with Crippen molar-refractivity contribution >= 4 is 17.9 Å². The average Bonchev–Trinajstić information content (AvgIpc) is 2.40. The molecule has 0 amide bonds. The Morgan fingerprint density at radius 1 is 1.15 bits per heavy atom. The number of hydrogen-bond acceptors (Lipinski definition) is 2. The molecule has 6 heteroatoms. The van der Waals surface area contributed by atoms with Gasteiger partial charge in [-0.3, -0.25) is 4.79 Å². The average molecular weight is 301 g/mol. The molecule has 0 saturated carbocycles. The molecule has 0 aliphatic rings. The lowest BCUT2D eigenvalue weighted by atomic mass is 9.97. The van der Waals surface area contributed by atoms with Crippen LogP contribution in [0.25, 0.3) is 11.1 Å². The van der Waals surface area contributed by atoms with Crippen molar-refractivity contribution in [1.29, 1.82) is 0 Å². The van der Waals surface area contributed by atoms with Crippen molar-refractivity contribution in [2.45, 2.75) is 6.18 Å². The van der Waals surface area contributed by atoms with Gasteiger partial charge in [-0.1, -0.05) is 29.8 Å². The third kappa shape index (κ3) is 2.63. The molecule has 0 radical (unpaired) electrons. The summed E-state index contributed by atoms with van der Waals surface area (Å²) in [5.41, 5.74) is -0.990. The van der Waals surface area contributed by atoms with E-state index < -0.39 is 17.5 Å². The maximum atomic E-state index is 12.9. The minimum atomic E-state index is -4.53. The molecule has 2 aromatic carbocycles. The van der Waals surface area contributed by atoms with Crippen LogP contribution in [0.2, 0.25) is 5.02 Å². The van der Waals surface area contributed by atoms with E-state index in [-0.39, 0.29) is 21.7 Å². The molecule has 0 aromatic heterocycles. The van der Waals surface area contributed by atoms with Crippen LogP contribution in [0, 0.1) is 0 Å². The molecule has 0 bridgehead atoms. The number of carbonyl (C=O) groups excluding carboxylic acids is 1. The Balaban J connectivity index is 2.70. The van der Waals surface area contributed by atoms with Crippen LogP contribution in [0.4, 0.5) is 13.2 Å². The Labute approximate surface area is 117 Å². The number of rotatable bonds is 2. The van der Waals surface area contributed by atoms with E-state index in [9.17, 15) is 23.1 Å². The number of alkyl halides is 3. The van der Waals surface area contributed by atoms with Crippen LogP contribution in [0.15, 0.2) is 36.4 Å². The number of hydrogen-bond donors (Lipinski definition) is 1. The topological polar surface area (TPSA) is 37.3 Å². The van der Waals surface area contributed by atoms with Crippen molar-refractivity contribution in [3.63, 3.8) is 0 Å². The summed E-state index contributed by atoms with van der Waals surface area (Å²) in [5, 5.41) is 9.33. The summed E-state index contributed by atoms with van der Waals surface area (Å²) < 4.78 is 38.8. The van der Waals surface area contributed by atoms with Crippen molar-refractivity contribution in [1.82, 2.24) is 0 Å². The number of carbonyl (C=O) groups is 1. The highest BCUT2D eigenvalue weighted by Gasteiger charge is 2.33. The minimum Gasteiger partial charge on any atom is -0.506 e. The molecular weight excluding hydrogens is 293 g/mol. The third-order valence-corrected chi connectivity index (χ3v) is 3.05. The monoisotopic (exact) mass is 300 g/mol. The summed E-state index contributed by atoms with van der Waals surface area (Å²) in [4.78, 5) is 10.8. The van der Waals surface area contributed by atoms with Gasteiger partial charge in [-0.25, -0.2) is 0 Å². The standard InChI is InChI=1S/C14H8ClF3O2/c15-12-6-8(5-9(7-19)13(12)20)10-3-1-2-4-11(10)14(16,17)18/h1-7,20H. The van der Waals surface area contributed by atoms with Crippen molar-refractivity contribution in [2.75, 3.05) is 0 Å². The number of benzene rings is 2. The van der Waals surface area contributed by atoms with Crippen LogP contribution >= 0.6 is 11.6 Å². The largest absolute Gasteiger partial charge is 0.506 e. The second kappa shape index (κ2) is 5.17. The van der Waals surface area contributed by atoms with Crippen molar-refractivity contribution in [3.05, 3.63) is 52.5 Å². The predicted molar refractivity (Wildman–Crippen MR) is 68.9 cm³/mol. The van der Waals surface area contributed by atoms with Crippen LogP contribution in [0.5, 0.6) is 5.75 Å². The van der Waals surface area contributed by atoms with Gasteiger partial charge in [-0.05, 0) is 29.3 Å². The van der Waals surface area contributed by atoms with E-state index in [1.807, 2.05) is 0 Å². The number of phenolic OH excluding ortho intramolecular Hbond substituents is 1. The molecular formula is C14H8ClF3O2. The van der Waals surface area contributed by atoms with Gasteiger partial charge in [0.1, 0.15) is 5.75 Å². The van der Waals surface area contributed by atoms with Crippen molar-refractivity contribution in [3.8, 4) is 16.9 Å². The van der Waals surface area contributed by atoms with Crippen LogP contribution in [-0.4, -0.2) is 11.4 Å². The quantitative estimate of drug-likeness (QED) is 0.827. The molecule has 0 saturated heterocycles. The highest BCUT2D eigenvalue weighted by atomic mass is 35.5. The third-order valence-electron chi connectivity index (χ3n) is 2.76. The second-order valence-corrected chi connectivity index (χ2v) is 4.46. The van der Waals surface area contributed by atoms with Crippen molar-refractivity contribution < 1.29 is 23.1 Å². The smallest absolute Gasteiger partial charge is 0.417 e. The van der Waals surface area contributed by atoms with Gasteiger partial charge in [0.05, 0.1) is 16.1 Å². The fourth-order valence-corrected chi connectivity index (χ4v) is 2.07. The molecule has 2 nitrogen and oxygen atoms in total. The molecule has 104 valence electrons. The van der Waals surface area contributed by atoms with Gasteiger partial charge in [0.15, 0.2) is 6.29 Å². The zero-order valence-electron chi connectivity index (χ0n) is 9.91. The summed E-state index contributed by atoms with van der Waals surface area (Å²) in [6.07, 6.45) is -4.19. The fourth-order valence-electron chi connectivity index (χ4n) is 1.85. The SMILES string of the molecule is O=Cc1cc(-c2ccccc2C(F)(F)F)cc(Cl)c1O. The molecule has 0 aliphatic carbocycles. The molecule has 0 fully saturated rings. The Kier molecular flexibility index (Phi) is 3.72. The molecule has 0 heterocycles. The summed E-state index contributed by atoms with van der Waals surface area (Å²) in [7, 11) is 0. The molecule has 0 aliphatic heterocycles. The number of aldehydes is 1. The van der Waals surface area contributed by atoms with E-state index >= 15 is 0 Å². The van der Waals surface area contributed by atoms with Gasteiger partial charge in [0.2, 0.25) is 0 Å². The molecule has 2 rings (SSSR count). The maximum Gasteiger partial charge on any atom is 0.417 e. The summed E-state index contributed by atoms with van der Waals surface area (Å²) in [6.45, 7) is 0. The molecule has 20 heavy (non-hydrogen) atoms. The van der Waals surface area contributed by atoms with Crippen LogP contribution in [-0.2, 0) is 6.18 Å². The minimum absolute atomic E-state index is 0.106. The highest BCUT2D eigenvalue weighted by Crippen LogP contribution is 2.39. The zero-order valence-corrected chi connectivity index (χ0v) is 10.7. The Morgan fingerprint density at radius 3 is 2.40 bits per heavy atom. The first-order chi connectivity index (χ1) is 9.34. The molecule has 0 spiro atoms. The molecule has 1 N–H and O–H groups in total. The Hall–Kier alpha value is -2.01. The lowest BCUT2D eigenvalue weighted by Crippen LogP contribution is -2.07. The number of phenols is 1. The predicted octanol–water partition coefficient (Wildman–Crippen LogP) is 4.54. The van der Waals surface area contributed by atoms with E-state index in [1.54, 1.807) is 0 Å². The first kappa shape index (κ1) is 14.4. The van der Waals surface area contributed by atoms with E-state index in [0.29, 0.717) is 6.29 Å². The van der Waals surface area contributed by atoms with E-state index in [0.717, 1.165) is 6.07 Å². The van der Waals surface area contributed by atoms with Gasteiger partial charge in [0.25, 0.3) is 0 Å². The van der Waals surface area contributed by atoms with E-state index in [1.165, 1.54) is 30.3 Å². The van der Waals surface area contributed by atoms with Gasteiger partial charge in [-0.2, -0.15) is 13.2 Å². The lowest BCUT2D eigenvalue weighted by molar-refractivity contribution is -0.137. The second-order valence-electron chi connectivity index (χ2n) is 4.06. The number of halogens is 4. The van der Waals surface area contributed by atoms with Crippen molar-refractivity contribution in [2.24, 2.45) is 0 Å². The van der Waals surface area contributed by atoms with Crippen LogP contribution in [0.3, 0.4) is 0 Å². The first-order valence-electron chi connectivity index (χ1n) is 5.49. The fraction of sp³-hybridized carbons (Fsp3) is 0.0714. The van der Waals surface area contributed by atoms with Crippen LogP contribution < -0.4 is 0 Å². The summed E-state index contributed by atoms with van der Waals surface area (Å²) >= 11 is 5.72. The Bertz CT molecular complexity index is 666. The number of aromatic hydroxyl groups is 1. The van der Waals surface area contributed by atoms with Gasteiger partial charge >= 0.3 is 6.18 Å². The van der Waals surface area contributed by atoms with E-state index in [2.05, 4.69) is 0 Å². The van der Waals surface area contributed by atoms with E-state index in [4.69, 9.17) is 11.6 Å². The van der Waals surface area contributed by atoms with Crippen LogP contribution in [0.1, 0.15) is 15.9 Å². The summed E-state index contributed by atoms with van der Waals surface area (Å²) in [5.74, 6) is -0.449. The molecule has 2 aromatic rings. The zero-order chi connectivity index (χ0) is 14.9. The molecule has 0 atom stereocenters. The van der Waals surface area contributed by atoms with Gasteiger partial charge < -0.3 is 5.11 Å². The van der Waals surface area contributed by atoms with Gasteiger partial charge in [0, 0.05) is 0 Å². The first-order valence-corrected chi connectivity index (χ1v) is 5.86. The molecule has 0 unspecified atom stereocenters. The highest BCUT2D eigenvalue weighted by molar-refractivity contribution is 6.32. The maximum absolute atomic E-state index is 12.9. The Morgan fingerprint density at radius 2 is 1.80 bits per heavy atom. The van der Waals surface area contributed by atoms with Gasteiger partial charge in [-0.15, -0.1) is 0 Å². The lowest BCUT2D eigenvalue weighted by Gasteiger charge is -2.14. The summed E-state index contributed by atoms with van der Waals surface area (Å²) in [6, 6.07) is 7.30. The normalized spacial score (nSPS) is 11.4.